The average molecular weight is 299 g/mol. The third kappa shape index (κ3) is 10.8. The van der Waals surface area contributed by atoms with Gasteiger partial charge in [-0.1, -0.05) is 73.1 Å². The maximum atomic E-state index is 11.3. The lowest BCUT2D eigenvalue weighted by atomic mass is 9.91. The van der Waals surface area contributed by atoms with Crippen LogP contribution in [0.25, 0.3) is 0 Å². The van der Waals surface area contributed by atoms with Gasteiger partial charge in [0.25, 0.3) is 0 Å². The van der Waals surface area contributed by atoms with Gasteiger partial charge in [-0.2, -0.15) is 0 Å². The van der Waals surface area contributed by atoms with Crippen LogP contribution in [0.5, 0.6) is 0 Å². The van der Waals surface area contributed by atoms with Crippen LogP contribution in [-0.4, -0.2) is 12.1 Å². The zero-order valence-corrected chi connectivity index (χ0v) is 15.3. The third-order valence-electron chi connectivity index (χ3n) is 4.85. The van der Waals surface area contributed by atoms with Crippen LogP contribution in [0.2, 0.25) is 0 Å². The molecule has 0 saturated carbocycles. The molecular formula is C19H38O2. The van der Waals surface area contributed by atoms with Crippen LogP contribution in [0.4, 0.5) is 0 Å². The van der Waals surface area contributed by atoms with Crippen molar-refractivity contribution in [1.29, 1.82) is 0 Å². The summed E-state index contributed by atoms with van der Waals surface area (Å²) < 4.78 is 5.38. The Balaban J connectivity index is 3.69. The van der Waals surface area contributed by atoms with Gasteiger partial charge in [0.05, 0.1) is 0 Å². The maximum absolute atomic E-state index is 11.3. The fourth-order valence-electron chi connectivity index (χ4n) is 2.59. The highest BCUT2D eigenvalue weighted by molar-refractivity contribution is 5.69. The van der Waals surface area contributed by atoms with E-state index in [-0.39, 0.29) is 12.1 Å². The quantitative estimate of drug-likeness (QED) is 0.414. The van der Waals surface area contributed by atoms with Crippen LogP contribution in [0.1, 0.15) is 92.9 Å². The number of ether oxygens (including phenoxy) is 1. The Morgan fingerprint density at radius 3 is 1.90 bits per heavy atom. The lowest BCUT2D eigenvalue weighted by Gasteiger charge is -2.21. The number of esters is 1. The molecule has 0 unspecified atom stereocenters. The van der Waals surface area contributed by atoms with E-state index in [2.05, 4.69) is 27.7 Å². The Morgan fingerprint density at radius 2 is 1.38 bits per heavy atom. The molecule has 0 heterocycles. The number of hydrogen-bond donors (Lipinski definition) is 0. The second-order valence-corrected chi connectivity index (χ2v) is 7.01. The van der Waals surface area contributed by atoms with E-state index < -0.39 is 0 Å². The van der Waals surface area contributed by atoms with Crippen LogP contribution in [0, 0.1) is 17.8 Å². The maximum Gasteiger partial charge on any atom is 0.305 e. The summed E-state index contributed by atoms with van der Waals surface area (Å²) in [5, 5.41) is 0. The molecular weight excluding hydrogens is 260 g/mol. The molecule has 0 aliphatic heterocycles. The first-order valence-electron chi connectivity index (χ1n) is 9.10. The first-order valence-corrected chi connectivity index (χ1v) is 9.10. The monoisotopic (exact) mass is 298 g/mol. The van der Waals surface area contributed by atoms with Crippen LogP contribution >= 0.6 is 0 Å². The predicted octanol–water partition coefficient (Wildman–Crippen LogP) is 5.99. The summed E-state index contributed by atoms with van der Waals surface area (Å²) in [6, 6.07) is 0. The fraction of sp³-hybridized carbons (Fsp3) is 0.947. The third-order valence-corrected chi connectivity index (χ3v) is 4.85. The minimum Gasteiger partial charge on any atom is -0.462 e. The Hall–Kier alpha value is -0.530. The van der Waals surface area contributed by atoms with Gasteiger partial charge in [-0.15, -0.1) is 0 Å². The molecule has 2 heteroatoms. The molecule has 0 bridgehead atoms. The number of hydrogen-bond acceptors (Lipinski definition) is 2. The van der Waals surface area contributed by atoms with E-state index in [1.165, 1.54) is 38.5 Å². The Labute approximate surface area is 133 Å². The van der Waals surface area contributed by atoms with Crippen molar-refractivity contribution >= 4 is 5.97 Å². The number of carbonyl (C=O) groups excluding carboxylic acids is 1. The molecule has 0 N–H and O–H groups in total. The molecule has 0 spiro atoms. The van der Waals surface area contributed by atoms with Crippen molar-refractivity contribution in [3.8, 4) is 0 Å². The second kappa shape index (κ2) is 12.1. The average Bonchev–Trinajstić information content (AvgIpc) is 2.46. The smallest absolute Gasteiger partial charge is 0.305 e. The highest BCUT2D eigenvalue weighted by Gasteiger charge is 2.16. The molecule has 0 radical (unpaired) electrons. The fourth-order valence-corrected chi connectivity index (χ4v) is 2.59. The standard InChI is InChI=1S/C19H38O2/c1-7-15(3)11-9-12-16(4)13-10-14-17(5)18(6)21-19(20)8-2/h15-18H,7-14H2,1-6H3/t15-,16+,17+,18+/m0/s1. The van der Waals surface area contributed by atoms with E-state index in [9.17, 15) is 4.79 Å². The first kappa shape index (κ1) is 20.5. The summed E-state index contributed by atoms with van der Waals surface area (Å²) in [5.74, 6) is 2.10. The molecule has 21 heavy (non-hydrogen) atoms. The molecule has 0 aliphatic rings. The summed E-state index contributed by atoms with van der Waals surface area (Å²) in [4.78, 5) is 11.3. The van der Waals surface area contributed by atoms with Crippen molar-refractivity contribution in [2.45, 2.75) is 99.0 Å². The van der Waals surface area contributed by atoms with Crippen molar-refractivity contribution < 1.29 is 9.53 Å². The summed E-state index contributed by atoms with van der Waals surface area (Å²) in [7, 11) is 0. The van der Waals surface area contributed by atoms with Gasteiger partial charge in [-0.3, -0.25) is 4.79 Å². The highest BCUT2D eigenvalue weighted by Crippen LogP contribution is 2.22. The van der Waals surface area contributed by atoms with Crippen molar-refractivity contribution in [2.24, 2.45) is 17.8 Å². The predicted molar refractivity (Wildman–Crippen MR) is 91.3 cm³/mol. The molecule has 0 aromatic rings. The van der Waals surface area contributed by atoms with Gasteiger partial charge in [-0.05, 0) is 31.1 Å². The normalized spacial score (nSPS) is 17.0. The van der Waals surface area contributed by atoms with Crippen molar-refractivity contribution in [1.82, 2.24) is 0 Å². The summed E-state index contributed by atoms with van der Waals surface area (Å²) in [6.07, 6.45) is 9.66. The Kier molecular flexibility index (Phi) is 11.8. The van der Waals surface area contributed by atoms with E-state index in [4.69, 9.17) is 4.74 Å². The van der Waals surface area contributed by atoms with Gasteiger partial charge in [-0.25, -0.2) is 0 Å². The minimum absolute atomic E-state index is 0.0539. The topological polar surface area (TPSA) is 26.3 Å². The van der Waals surface area contributed by atoms with E-state index >= 15 is 0 Å². The van der Waals surface area contributed by atoms with Gasteiger partial charge in [0, 0.05) is 6.42 Å². The summed E-state index contributed by atoms with van der Waals surface area (Å²) >= 11 is 0. The Bertz CT molecular complexity index is 262. The molecule has 0 aromatic carbocycles. The summed E-state index contributed by atoms with van der Waals surface area (Å²) in [5.41, 5.74) is 0. The van der Waals surface area contributed by atoms with E-state index in [0.717, 1.165) is 18.3 Å². The second-order valence-electron chi connectivity index (χ2n) is 7.01. The first-order chi connectivity index (χ1) is 9.90. The lowest BCUT2D eigenvalue weighted by Crippen LogP contribution is -2.21. The molecule has 0 rings (SSSR count). The molecule has 4 atom stereocenters. The van der Waals surface area contributed by atoms with Crippen molar-refractivity contribution in [3.63, 3.8) is 0 Å². The largest absolute Gasteiger partial charge is 0.462 e. The SMILES string of the molecule is CCC(=O)O[C@H](C)[C@H](C)CCC[C@H](C)CCC[C@@H](C)CC. The van der Waals surface area contributed by atoms with Gasteiger partial charge < -0.3 is 4.74 Å². The van der Waals surface area contributed by atoms with Crippen LogP contribution in [0.15, 0.2) is 0 Å². The molecule has 0 aliphatic carbocycles. The van der Waals surface area contributed by atoms with Crippen LogP contribution < -0.4 is 0 Å². The molecule has 0 aromatic heterocycles. The number of rotatable bonds is 12. The van der Waals surface area contributed by atoms with E-state index in [0.29, 0.717) is 12.3 Å². The summed E-state index contributed by atoms with van der Waals surface area (Å²) in [6.45, 7) is 13.1. The Morgan fingerprint density at radius 1 is 0.857 bits per heavy atom. The van der Waals surface area contributed by atoms with Crippen LogP contribution in [-0.2, 0) is 9.53 Å². The van der Waals surface area contributed by atoms with Gasteiger partial charge in [0.15, 0.2) is 0 Å². The molecule has 0 amide bonds. The van der Waals surface area contributed by atoms with Crippen LogP contribution in [0.3, 0.4) is 0 Å². The van der Waals surface area contributed by atoms with Gasteiger partial charge >= 0.3 is 5.97 Å². The van der Waals surface area contributed by atoms with Crippen molar-refractivity contribution in [3.05, 3.63) is 0 Å². The van der Waals surface area contributed by atoms with Crippen molar-refractivity contribution in [2.75, 3.05) is 0 Å². The van der Waals surface area contributed by atoms with E-state index in [1.54, 1.807) is 0 Å². The lowest BCUT2D eigenvalue weighted by molar-refractivity contribution is -0.150. The minimum atomic E-state index is -0.0761. The zero-order chi connectivity index (χ0) is 16.3. The van der Waals surface area contributed by atoms with Gasteiger partial charge in [0.2, 0.25) is 0 Å². The number of carbonyl (C=O) groups is 1. The van der Waals surface area contributed by atoms with E-state index in [1.807, 2.05) is 13.8 Å². The molecule has 126 valence electrons. The zero-order valence-electron chi connectivity index (χ0n) is 15.3. The van der Waals surface area contributed by atoms with Gasteiger partial charge in [0.1, 0.15) is 6.10 Å². The molecule has 0 fully saturated rings. The molecule has 0 saturated heterocycles. The molecule has 2 nitrogen and oxygen atoms in total. The highest BCUT2D eigenvalue weighted by atomic mass is 16.5.